The summed E-state index contributed by atoms with van der Waals surface area (Å²) >= 11 is 11.8. The van der Waals surface area contributed by atoms with Crippen LogP contribution < -0.4 is 4.74 Å². The third-order valence-electron chi connectivity index (χ3n) is 2.97. The van der Waals surface area contributed by atoms with Crippen molar-refractivity contribution in [2.24, 2.45) is 0 Å². The summed E-state index contributed by atoms with van der Waals surface area (Å²) in [4.78, 5) is 0. The van der Waals surface area contributed by atoms with E-state index in [0.29, 0.717) is 22.0 Å². The number of aliphatic hydroxyl groups is 1. The van der Waals surface area contributed by atoms with Gasteiger partial charge in [0, 0.05) is 6.42 Å². The average molecular weight is 315 g/mol. The highest BCUT2D eigenvalue weighted by molar-refractivity contribution is 6.42. The highest BCUT2D eigenvalue weighted by Crippen LogP contribution is 2.27. The Morgan fingerprint density at radius 2 is 1.90 bits per heavy atom. The lowest BCUT2D eigenvalue weighted by molar-refractivity contribution is 0.178. The van der Waals surface area contributed by atoms with Crippen LogP contribution in [0.5, 0.6) is 5.75 Å². The van der Waals surface area contributed by atoms with Gasteiger partial charge in [0.2, 0.25) is 0 Å². The van der Waals surface area contributed by atoms with Crippen LogP contribution >= 0.6 is 23.2 Å². The van der Waals surface area contributed by atoms with Crippen LogP contribution in [-0.2, 0) is 6.42 Å². The van der Waals surface area contributed by atoms with Gasteiger partial charge in [0.05, 0.1) is 23.3 Å². The first-order valence-corrected chi connectivity index (χ1v) is 6.72. The van der Waals surface area contributed by atoms with Gasteiger partial charge >= 0.3 is 0 Å². The Kier molecular flexibility index (Phi) is 4.86. The molecule has 2 nitrogen and oxygen atoms in total. The fraction of sp³-hybridized carbons (Fsp3) is 0.200. The molecule has 0 aromatic heterocycles. The maximum absolute atomic E-state index is 13.3. The smallest absolute Gasteiger partial charge is 0.165 e. The highest BCUT2D eigenvalue weighted by atomic mass is 35.5. The lowest BCUT2D eigenvalue weighted by Gasteiger charge is -2.13. The molecule has 0 aliphatic heterocycles. The fourth-order valence-corrected chi connectivity index (χ4v) is 2.21. The van der Waals surface area contributed by atoms with E-state index in [2.05, 4.69) is 0 Å². The van der Waals surface area contributed by atoms with Crippen molar-refractivity contribution in [1.82, 2.24) is 0 Å². The second-order valence-corrected chi connectivity index (χ2v) is 5.18. The van der Waals surface area contributed by atoms with Crippen LogP contribution in [0.3, 0.4) is 0 Å². The molecular formula is C15H13Cl2FO2. The normalized spacial score (nSPS) is 12.2. The predicted molar refractivity (Wildman–Crippen MR) is 78.1 cm³/mol. The van der Waals surface area contributed by atoms with Crippen LogP contribution in [0.1, 0.15) is 17.2 Å². The zero-order chi connectivity index (χ0) is 14.7. The highest BCUT2D eigenvalue weighted by Gasteiger charge is 2.12. The Morgan fingerprint density at radius 3 is 2.55 bits per heavy atom. The molecule has 0 aliphatic carbocycles. The number of aliphatic hydroxyl groups excluding tert-OH is 1. The van der Waals surface area contributed by atoms with E-state index in [1.807, 2.05) is 0 Å². The van der Waals surface area contributed by atoms with E-state index >= 15 is 0 Å². The van der Waals surface area contributed by atoms with Gasteiger partial charge in [-0.05, 0) is 35.4 Å². The molecule has 0 amide bonds. The largest absolute Gasteiger partial charge is 0.494 e. The average Bonchev–Trinajstić information content (AvgIpc) is 2.43. The molecule has 0 fully saturated rings. The molecule has 2 aromatic rings. The first-order valence-electron chi connectivity index (χ1n) is 5.96. The van der Waals surface area contributed by atoms with Crippen LogP contribution in [0.4, 0.5) is 4.39 Å². The summed E-state index contributed by atoms with van der Waals surface area (Å²) in [7, 11) is 1.38. The van der Waals surface area contributed by atoms with E-state index < -0.39 is 11.9 Å². The zero-order valence-corrected chi connectivity index (χ0v) is 12.2. The summed E-state index contributed by atoms with van der Waals surface area (Å²) in [6.45, 7) is 0. The summed E-state index contributed by atoms with van der Waals surface area (Å²) in [5, 5.41) is 11.1. The molecule has 0 spiro atoms. The van der Waals surface area contributed by atoms with Gasteiger partial charge in [-0.1, -0.05) is 35.3 Å². The second kappa shape index (κ2) is 6.44. The third kappa shape index (κ3) is 3.42. The molecule has 1 atom stereocenters. The summed E-state index contributed by atoms with van der Waals surface area (Å²) in [5.41, 5.74) is 1.42. The fourth-order valence-electron chi connectivity index (χ4n) is 1.89. The van der Waals surface area contributed by atoms with E-state index in [4.69, 9.17) is 27.9 Å². The Morgan fingerprint density at radius 1 is 1.15 bits per heavy atom. The maximum atomic E-state index is 13.3. The third-order valence-corrected chi connectivity index (χ3v) is 3.71. The quantitative estimate of drug-likeness (QED) is 0.905. The van der Waals surface area contributed by atoms with E-state index in [9.17, 15) is 9.50 Å². The van der Waals surface area contributed by atoms with Gasteiger partial charge in [0.15, 0.2) is 11.6 Å². The van der Waals surface area contributed by atoms with Gasteiger partial charge < -0.3 is 9.84 Å². The van der Waals surface area contributed by atoms with Crippen molar-refractivity contribution >= 4 is 23.2 Å². The van der Waals surface area contributed by atoms with Crippen LogP contribution in [0.2, 0.25) is 10.0 Å². The number of benzene rings is 2. The summed E-state index contributed by atoms with van der Waals surface area (Å²) < 4.78 is 18.2. The molecule has 0 saturated heterocycles. The molecule has 2 aromatic carbocycles. The Labute approximate surface area is 126 Å². The first kappa shape index (κ1) is 15.1. The molecule has 1 N–H and O–H groups in total. The summed E-state index contributed by atoms with van der Waals surface area (Å²) in [6.07, 6.45) is -0.423. The van der Waals surface area contributed by atoms with Crippen molar-refractivity contribution in [1.29, 1.82) is 0 Å². The number of rotatable bonds is 4. The molecule has 0 heterocycles. The minimum atomic E-state index is -0.776. The Hall–Kier alpha value is -1.29. The van der Waals surface area contributed by atoms with E-state index in [0.717, 1.165) is 5.56 Å². The summed E-state index contributed by atoms with van der Waals surface area (Å²) in [6, 6.07) is 9.45. The van der Waals surface area contributed by atoms with Crippen LogP contribution in [0, 0.1) is 5.82 Å². The molecule has 0 saturated carbocycles. The lowest BCUT2D eigenvalue weighted by atomic mass is 10.0. The maximum Gasteiger partial charge on any atom is 0.165 e. The van der Waals surface area contributed by atoms with Crippen molar-refractivity contribution in [3.05, 3.63) is 63.4 Å². The summed E-state index contributed by atoms with van der Waals surface area (Å²) in [5.74, 6) is -0.353. The first-order chi connectivity index (χ1) is 9.51. The molecule has 0 aliphatic rings. The van der Waals surface area contributed by atoms with Gasteiger partial charge in [0.1, 0.15) is 0 Å². The lowest BCUT2D eigenvalue weighted by Crippen LogP contribution is -2.03. The molecule has 1 unspecified atom stereocenters. The Balaban J connectivity index is 2.19. The monoisotopic (exact) mass is 314 g/mol. The van der Waals surface area contributed by atoms with Gasteiger partial charge in [-0.25, -0.2) is 4.39 Å². The second-order valence-electron chi connectivity index (χ2n) is 4.36. The van der Waals surface area contributed by atoms with Crippen LogP contribution in [0.25, 0.3) is 0 Å². The molecule has 0 radical (unpaired) electrons. The SMILES string of the molecule is COc1cc(C(O)Cc2ccc(Cl)c(Cl)c2)ccc1F. The van der Waals surface area contributed by atoms with Crippen molar-refractivity contribution in [2.75, 3.05) is 7.11 Å². The number of halogens is 3. The van der Waals surface area contributed by atoms with Crippen LogP contribution in [0.15, 0.2) is 36.4 Å². The van der Waals surface area contributed by atoms with E-state index in [1.54, 1.807) is 18.2 Å². The minimum absolute atomic E-state index is 0.107. The van der Waals surface area contributed by atoms with Crippen molar-refractivity contribution < 1.29 is 14.2 Å². The van der Waals surface area contributed by atoms with E-state index in [-0.39, 0.29) is 5.75 Å². The van der Waals surface area contributed by atoms with E-state index in [1.165, 1.54) is 25.3 Å². The van der Waals surface area contributed by atoms with Gasteiger partial charge in [-0.3, -0.25) is 0 Å². The zero-order valence-electron chi connectivity index (χ0n) is 10.7. The molecule has 0 bridgehead atoms. The number of hydrogen-bond donors (Lipinski definition) is 1. The van der Waals surface area contributed by atoms with Crippen molar-refractivity contribution in [3.8, 4) is 5.75 Å². The number of methoxy groups -OCH3 is 1. The minimum Gasteiger partial charge on any atom is -0.494 e. The van der Waals surface area contributed by atoms with Crippen LogP contribution in [-0.4, -0.2) is 12.2 Å². The standard InChI is InChI=1S/C15H13Cl2FO2/c1-20-15-8-10(3-5-13(15)18)14(19)7-9-2-4-11(16)12(17)6-9/h2-6,8,14,19H,7H2,1H3. The molecule has 106 valence electrons. The van der Waals surface area contributed by atoms with Gasteiger partial charge in [0.25, 0.3) is 0 Å². The molecule has 2 rings (SSSR count). The Bertz CT molecular complexity index is 617. The predicted octanol–water partition coefficient (Wildman–Crippen LogP) is 4.42. The molecule has 20 heavy (non-hydrogen) atoms. The molecule has 5 heteroatoms. The number of hydrogen-bond acceptors (Lipinski definition) is 2. The van der Waals surface area contributed by atoms with Crippen molar-refractivity contribution in [3.63, 3.8) is 0 Å². The number of ether oxygens (including phenoxy) is 1. The van der Waals surface area contributed by atoms with Gasteiger partial charge in [-0.15, -0.1) is 0 Å². The topological polar surface area (TPSA) is 29.5 Å². The van der Waals surface area contributed by atoms with Crippen molar-refractivity contribution in [2.45, 2.75) is 12.5 Å². The van der Waals surface area contributed by atoms with Gasteiger partial charge in [-0.2, -0.15) is 0 Å². The molecular weight excluding hydrogens is 302 g/mol.